The van der Waals surface area contributed by atoms with Crippen molar-refractivity contribution >= 4 is 28.5 Å². The Morgan fingerprint density at radius 2 is 1.70 bits per heavy atom. The van der Waals surface area contributed by atoms with E-state index in [1.165, 1.54) is 0 Å². The molecule has 0 radical (unpaired) electrons. The van der Waals surface area contributed by atoms with Crippen LogP contribution in [0.25, 0.3) is 22.2 Å². The van der Waals surface area contributed by atoms with Gasteiger partial charge in [-0.1, -0.05) is 48.0 Å². The summed E-state index contributed by atoms with van der Waals surface area (Å²) in [5, 5.41) is 3.43. The van der Waals surface area contributed by atoms with E-state index >= 15 is 0 Å². The van der Waals surface area contributed by atoms with Gasteiger partial charge in [0.25, 0.3) is 5.91 Å². The number of benzene rings is 3. The van der Waals surface area contributed by atoms with E-state index in [1.54, 1.807) is 43.3 Å². The van der Waals surface area contributed by atoms with Crippen molar-refractivity contribution in [2.75, 3.05) is 18.5 Å². The third-order valence-corrected chi connectivity index (χ3v) is 5.05. The second-order valence-corrected chi connectivity index (χ2v) is 7.53. The van der Waals surface area contributed by atoms with Crippen molar-refractivity contribution < 1.29 is 19.1 Å². The Labute approximate surface area is 192 Å². The highest BCUT2D eigenvalue weighted by atomic mass is 16.5. The van der Waals surface area contributed by atoms with Gasteiger partial charge in [0.2, 0.25) is 0 Å². The Morgan fingerprint density at radius 1 is 0.939 bits per heavy atom. The molecular formula is C27H24N2O4. The molecule has 1 heterocycles. The molecule has 4 rings (SSSR count). The first-order valence-electron chi connectivity index (χ1n) is 10.7. The van der Waals surface area contributed by atoms with Gasteiger partial charge >= 0.3 is 5.97 Å². The minimum absolute atomic E-state index is 0.190. The van der Waals surface area contributed by atoms with Crippen molar-refractivity contribution in [1.82, 2.24) is 4.98 Å². The number of hydrogen-bond acceptors (Lipinski definition) is 5. The summed E-state index contributed by atoms with van der Waals surface area (Å²) in [6.07, 6.45) is 0. The predicted molar refractivity (Wildman–Crippen MR) is 128 cm³/mol. The molecule has 6 heteroatoms. The summed E-state index contributed by atoms with van der Waals surface area (Å²) in [5.41, 5.74) is 4.52. The van der Waals surface area contributed by atoms with Crippen LogP contribution in [0, 0.1) is 6.92 Å². The number of hydrogen-bond donors (Lipinski definition) is 1. The van der Waals surface area contributed by atoms with Crippen LogP contribution in [0.15, 0.2) is 78.9 Å². The number of carbonyl (C=O) groups is 2. The van der Waals surface area contributed by atoms with Gasteiger partial charge in [0.05, 0.1) is 23.4 Å². The number of esters is 1. The first-order valence-corrected chi connectivity index (χ1v) is 10.7. The molecule has 0 bridgehead atoms. The normalized spacial score (nSPS) is 10.6. The number of carbonyl (C=O) groups excluding carboxylic acids is 2. The van der Waals surface area contributed by atoms with Gasteiger partial charge in [-0.3, -0.25) is 4.79 Å². The molecule has 166 valence electrons. The Bertz CT molecular complexity index is 1290. The van der Waals surface area contributed by atoms with Crippen LogP contribution in [0.1, 0.15) is 22.8 Å². The van der Waals surface area contributed by atoms with E-state index < -0.39 is 5.97 Å². The summed E-state index contributed by atoms with van der Waals surface area (Å²) in [7, 11) is 0. The quantitative estimate of drug-likeness (QED) is 0.389. The molecule has 1 N–H and O–H groups in total. The summed E-state index contributed by atoms with van der Waals surface area (Å²) in [5.74, 6) is -0.246. The highest BCUT2D eigenvalue weighted by Crippen LogP contribution is 2.31. The third-order valence-electron chi connectivity index (χ3n) is 5.05. The fourth-order valence-electron chi connectivity index (χ4n) is 3.39. The molecule has 0 unspecified atom stereocenters. The number of nitrogens with zero attached hydrogens (tertiary/aromatic N) is 1. The smallest absolute Gasteiger partial charge is 0.338 e. The lowest BCUT2D eigenvalue weighted by Gasteiger charge is -2.13. The van der Waals surface area contributed by atoms with Crippen molar-refractivity contribution in [3.05, 3.63) is 90.0 Å². The van der Waals surface area contributed by atoms with Gasteiger partial charge in [-0.05, 0) is 44.2 Å². The third kappa shape index (κ3) is 5.36. The van der Waals surface area contributed by atoms with Crippen LogP contribution in [-0.4, -0.2) is 30.1 Å². The monoisotopic (exact) mass is 440 g/mol. The van der Waals surface area contributed by atoms with Crippen LogP contribution in [0.3, 0.4) is 0 Å². The lowest BCUT2D eigenvalue weighted by atomic mass is 10.1. The molecule has 6 nitrogen and oxygen atoms in total. The van der Waals surface area contributed by atoms with Gasteiger partial charge in [0, 0.05) is 22.7 Å². The average Bonchev–Trinajstić information content (AvgIpc) is 2.83. The molecule has 4 aromatic rings. The maximum Gasteiger partial charge on any atom is 0.338 e. The number of aromatic nitrogens is 1. The van der Waals surface area contributed by atoms with E-state index in [4.69, 9.17) is 14.5 Å². The fourth-order valence-corrected chi connectivity index (χ4v) is 3.39. The number of rotatable bonds is 7. The average molecular weight is 440 g/mol. The Morgan fingerprint density at radius 3 is 2.42 bits per heavy atom. The molecule has 33 heavy (non-hydrogen) atoms. The van der Waals surface area contributed by atoms with Crippen molar-refractivity contribution in [2.45, 2.75) is 13.8 Å². The van der Waals surface area contributed by atoms with Gasteiger partial charge in [0.1, 0.15) is 5.75 Å². The van der Waals surface area contributed by atoms with Crippen LogP contribution < -0.4 is 10.1 Å². The van der Waals surface area contributed by atoms with Gasteiger partial charge in [-0.15, -0.1) is 0 Å². The highest BCUT2D eigenvalue weighted by Gasteiger charge is 2.14. The topological polar surface area (TPSA) is 77.5 Å². The maximum absolute atomic E-state index is 12.4. The van der Waals surface area contributed by atoms with Crippen molar-refractivity contribution in [1.29, 1.82) is 0 Å². The molecule has 1 aromatic heterocycles. The summed E-state index contributed by atoms with van der Waals surface area (Å²) in [6.45, 7) is 3.87. The van der Waals surface area contributed by atoms with Crippen LogP contribution >= 0.6 is 0 Å². The lowest BCUT2D eigenvalue weighted by molar-refractivity contribution is -0.118. The Hall–Kier alpha value is -4.19. The molecule has 3 aromatic carbocycles. The van der Waals surface area contributed by atoms with E-state index in [1.807, 2.05) is 49.4 Å². The van der Waals surface area contributed by atoms with Crippen LogP contribution in [-0.2, 0) is 9.53 Å². The second-order valence-electron chi connectivity index (χ2n) is 7.53. The zero-order chi connectivity index (χ0) is 23.2. The molecule has 0 spiro atoms. The number of fused-ring (bicyclic) bond motifs is 1. The number of ether oxygens (including phenoxy) is 2. The summed E-state index contributed by atoms with van der Waals surface area (Å²) in [4.78, 5) is 29.4. The molecule has 0 saturated carbocycles. The van der Waals surface area contributed by atoms with Gasteiger partial charge in [-0.25, -0.2) is 9.78 Å². The SMILES string of the molecule is CCOC(=O)c1ccc2nc(-c3ccc(C)cc3)cc(OCC(=O)Nc3ccccc3)c2c1. The number of amides is 1. The molecule has 0 fully saturated rings. The van der Waals surface area contributed by atoms with Crippen LogP contribution in [0.5, 0.6) is 5.75 Å². The van der Waals surface area contributed by atoms with E-state index in [9.17, 15) is 9.59 Å². The molecule has 0 aliphatic rings. The van der Waals surface area contributed by atoms with Crippen LogP contribution in [0.2, 0.25) is 0 Å². The number of aryl methyl sites for hydroxylation is 1. The molecule has 1 amide bonds. The molecule has 0 aliphatic heterocycles. The standard InChI is InChI=1S/C27H24N2O4/c1-3-32-27(31)20-13-14-23-22(15-20)25(16-24(29-23)19-11-9-18(2)10-12-19)33-17-26(30)28-21-7-5-4-6-8-21/h4-16H,3,17H2,1-2H3,(H,28,30). The van der Waals surface area contributed by atoms with E-state index in [0.29, 0.717) is 33.6 Å². The first-order chi connectivity index (χ1) is 16.0. The van der Waals surface area contributed by atoms with Crippen LogP contribution in [0.4, 0.5) is 5.69 Å². The maximum atomic E-state index is 12.4. The lowest BCUT2D eigenvalue weighted by Crippen LogP contribution is -2.20. The summed E-state index contributed by atoms with van der Waals surface area (Å²) >= 11 is 0. The second kappa shape index (κ2) is 9.96. The van der Waals surface area contributed by atoms with Gasteiger partial charge < -0.3 is 14.8 Å². The van der Waals surface area contributed by atoms with E-state index in [2.05, 4.69) is 5.32 Å². The Balaban J connectivity index is 1.68. The van der Waals surface area contributed by atoms with Crippen molar-refractivity contribution in [2.24, 2.45) is 0 Å². The molecule has 0 atom stereocenters. The van der Waals surface area contributed by atoms with Crippen molar-refractivity contribution in [3.8, 4) is 17.0 Å². The molecule has 0 saturated heterocycles. The van der Waals surface area contributed by atoms with E-state index in [0.717, 1.165) is 11.1 Å². The van der Waals surface area contributed by atoms with Gasteiger partial charge in [0.15, 0.2) is 6.61 Å². The van der Waals surface area contributed by atoms with E-state index in [-0.39, 0.29) is 19.1 Å². The number of para-hydroxylation sites is 1. The fraction of sp³-hybridized carbons (Fsp3) is 0.148. The predicted octanol–water partition coefficient (Wildman–Crippen LogP) is 5.40. The zero-order valence-corrected chi connectivity index (χ0v) is 18.5. The highest BCUT2D eigenvalue weighted by molar-refractivity contribution is 5.97. The zero-order valence-electron chi connectivity index (χ0n) is 18.5. The minimum Gasteiger partial charge on any atom is -0.483 e. The minimum atomic E-state index is -0.421. The van der Waals surface area contributed by atoms with Gasteiger partial charge in [-0.2, -0.15) is 0 Å². The summed E-state index contributed by atoms with van der Waals surface area (Å²) < 4.78 is 11.1. The largest absolute Gasteiger partial charge is 0.483 e. The number of anilines is 1. The Kier molecular flexibility index (Phi) is 6.64. The molecular weight excluding hydrogens is 416 g/mol. The summed E-state index contributed by atoms with van der Waals surface area (Å²) in [6, 6.07) is 24.1. The molecule has 0 aliphatic carbocycles. The van der Waals surface area contributed by atoms with Crippen molar-refractivity contribution in [3.63, 3.8) is 0 Å². The number of nitrogens with one attached hydrogen (secondary N) is 1. The number of pyridine rings is 1. The first kappa shape index (κ1) is 22.0.